The second-order valence-corrected chi connectivity index (χ2v) is 7.77. The zero-order valence-electron chi connectivity index (χ0n) is 15.1. The number of aromatic nitrogens is 1. The predicted molar refractivity (Wildman–Crippen MR) is 112 cm³/mol. The Hall–Kier alpha value is -2.28. The van der Waals surface area contributed by atoms with Crippen molar-refractivity contribution >= 4 is 29.2 Å². The van der Waals surface area contributed by atoms with E-state index >= 15 is 0 Å². The first-order chi connectivity index (χ1) is 13.7. The molecule has 1 atom stereocenters. The molecule has 1 aromatic heterocycles. The van der Waals surface area contributed by atoms with Crippen molar-refractivity contribution in [2.24, 2.45) is 10.1 Å². The summed E-state index contributed by atoms with van der Waals surface area (Å²) in [5.74, 6) is -0.269. The normalized spacial score (nSPS) is 17.6. The van der Waals surface area contributed by atoms with E-state index in [1.807, 2.05) is 34.3 Å². The Bertz CT molecular complexity index is 1020. The summed E-state index contributed by atoms with van der Waals surface area (Å²) in [5.41, 5.74) is 2.73. The van der Waals surface area contributed by atoms with Crippen LogP contribution in [-0.4, -0.2) is 30.1 Å². The fourth-order valence-corrected chi connectivity index (χ4v) is 3.95. The van der Waals surface area contributed by atoms with Gasteiger partial charge in [0.05, 0.1) is 24.6 Å². The van der Waals surface area contributed by atoms with E-state index in [4.69, 9.17) is 21.3 Å². The molecule has 144 valence electrons. The lowest BCUT2D eigenvalue weighted by atomic mass is 10.2. The van der Waals surface area contributed by atoms with Crippen LogP contribution in [-0.2, 0) is 4.74 Å². The standard InChI is InChI=1S/C21H19ClFN3OS/c22-17-7-5-16(6-8-17)20-14-28-21(24-13-19-2-1-11-27-19)26(20)25-12-15-3-9-18(23)10-4-15/h3-10,12,14,19H,1-2,11,13H2/b24-21?,25-12-/t19-/m1/s1. The van der Waals surface area contributed by atoms with Gasteiger partial charge in [-0.25, -0.2) is 9.07 Å². The van der Waals surface area contributed by atoms with Gasteiger partial charge in [-0.1, -0.05) is 35.9 Å². The Labute approximate surface area is 171 Å². The molecule has 1 saturated heterocycles. The fourth-order valence-electron chi connectivity index (χ4n) is 2.98. The Kier molecular flexibility index (Phi) is 6.00. The maximum atomic E-state index is 13.1. The van der Waals surface area contributed by atoms with Crippen molar-refractivity contribution in [1.82, 2.24) is 4.68 Å². The lowest BCUT2D eigenvalue weighted by Gasteiger charge is -2.06. The van der Waals surface area contributed by atoms with Crippen LogP contribution in [0.2, 0.25) is 5.02 Å². The molecule has 0 saturated carbocycles. The molecule has 2 aromatic carbocycles. The molecular weight excluding hydrogens is 397 g/mol. The van der Waals surface area contributed by atoms with Crippen LogP contribution in [0.15, 0.2) is 64.0 Å². The van der Waals surface area contributed by atoms with Crippen LogP contribution < -0.4 is 4.80 Å². The van der Waals surface area contributed by atoms with E-state index in [1.165, 1.54) is 23.5 Å². The van der Waals surface area contributed by atoms with Crippen LogP contribution in [0.1, 0.15) is 18.4 Å². The van der Waals surface area contributed by atoms with Crippen molar-refractivity contribution in [3.8, 4) is 11.3 Å². The molecule has 0 aliphatic carbocycles. The summed E-state index contributed by atoms with van der Waals surface area (Å²) in [4.78, 5) is 5.53. The average molecular weight is 416 g/mol. The molecule has 0 radical (unpaired) electrons. The summed E-state index contributed by atoms with van der Waals surface area (Å²) in [6, 6.07) is 13.8. The third-order valence-corrected chi connectivity index (χ3v) is 5.58. The van der Waals surface area contributed by atoms with Crippen LogP contribution >= 0.6 is 22.9 Å². The zero-order valence-corrected chi connectivity index (χ0v) is 16.7. The minimum absolute atomic E-state index is 0.176. The second kappa shape index (κ2) is 8.82. The Morgan fingerprint density at radius 3 is 2.68 bits per heavy atom. The number of thiazole rings is 1. The molecule has 1 fully saturated rings. The number of nitrogens with zero attached hydrogens (tertiary/aromatic N) is 3. The Morgan fingerprint density at radius 2 is 1.96 bits per heavy atom. The van der Waals surface area contributed by atoms with Crippen molar-refractivity contribution in [2.45, 2.75) is 18.9 Å². The van der Waals surface area contributed by atoms with Gasteiger partial charge in [-0.05, 0) is 42.7 Å². The van der Waals surface area contributed by atoms with Crippen molar-refractivity contribution in [2.75, 3.05) is 13.2 Å². The van der Waals surface area contributed by atoms with E-state index in [0.29, 0.717) is 11.6 Å². The van der Waals surface area contributed by atoms with Crippen LogP contribution in [0.5, 0.6) is 0 Å². The summed E-state index contributed by atoms with van der Waals surface area (Å²) in [7, 11) is 0. The topological polar surface area (TPSA) is 38.9 Å². The molecule has 0 amide bonds. The third-order valence-electron chi connectivity index (χ3n) is 4.47. The van der Waals surface area contributed by atoms with Gasteiger partial charge in [0.2, 0.25) is 4.80 Å². The van der Waals surface area contributed by atoms with E-state index in [1.54, 1.807) is 18.3 Å². The molecule has 2 heterocycles. The smallest absolute Gasteiger partial charge is 0.206 e. The third kappa shape index (κ3) is 4.58. The lowest BCUT2D eigenvalue weighted by Crippen LogP contribution is -2.17. The van der Waals surface area contributed by atoms with Gasteiger partial charge in [0, 0.05) is 22.6 Å². The fraction of sp³-hybridized carbons (Fsp3) is 0.238. The first-order valence-corrected chi connectivity index (χ1v) is 10.3. The summed E-state index contributed by atoms with van der Waals surface area (Å²) in [6.07, 6.45) is 4.01. The van der Waals surface area contributed by atoms with E-state index in [2.05, 4.69) is 5.10 Å². The largest absolute Gasteiger partial charge is 0.376 e. The highest BCUT2D eigenvalue weighted by atomic mass is 35.5. The van der Waals surface area contributed by atoms with Crippen LogP contribution in [0.25, 0.3) is 11.3 Å². The summed E-state index contributed by atoms with van der Waals surface area (Å²) in [5, 5.41) is 7.33. The van der Waals surface area contributed by atoms with E-state index in [-0.39, 0.29) is 11.9 Å². The predicted octanol–water partition coefficient (Wildman–Crippen LogP) is 4.97. The number of benzene rings is 2. The zero-order chi connectivity index (χ0) is 19.3. The molecule has 4 nitrogen and oxygen atoms in total. The molecule has 0 spiro atoms. The lowest BCUT2D eigenvalue weighted by molar-refractivity contribution is 0.117. The first-order valence-electron chi connectivity index (χ1n) is 9.07. The van der Waals surface area contributed by atoms with E-state index in [0.717, 1.165) is 41.1 Å². The van der Waals surface area contributed by atoms with Gasteiger partial charge in [0.15, 0.2) is 0 Å². The van der Waals surface area contributed by atoms with E-state index < -0.39 is 0 Å². The van der Waals surface area contributed by atoms with Gasteiger partial charge in [0.25, 0.3) is 0 Å². The minimum Gasteiger partial charge on any atom is -0.376 e. The van der Waals surface area contributed by atoms with Crippen LogP contribution in [0, 0.1) is 5.82 Å². The molecule has 28 heavy (non-hydrogen) atoms. The molecule has 0 bridgehead atoms. The highest BCUT2D eigenvalue weighted by Crippen LogP contribution is 2.22. The van der Waals surface area contributed by atoms with Crippen molar-refractivity contribution in [3.63, 3.8) is 0 Å². The quantitative estimate of drug-likeness (QED) is 0.542. The molecule has 0 unspecified atom stereocenters. The highest BCUT2D eigenvalue weighted by Gasteiger charge is 2.15. The van der Waals surface area contributed by atoms with Crippen molar-refractivity contribution in [3.05, 3.63) is 75.1 Å². The first kappa shape index (κ1) is 19.1. The molecule has 1 aliphatic heterocycles. The van der Waals surface area contributed by atoms with Gasteiger partial charge in [-0.3, -0.25) is 4.99 Å². The van der Waals surface area contributed by atoms with E-state index in [9.17, 15) is 4.39 Å². The maximum Gasteiger partial charge on any atom is 0.206 e. The molecular formula is C21H19ClFN3OS. The van der Waals surface area contributed by atoms with Gasteiger partial charge in [-0.2, -0.15) is 5.10 Å². The second-order valence-electron chi connectivity index (χ2n) is 6.49. The monoisotopic (exact) mass is 415 g/mol. The van der Waals surface area contributed by atoms with Gasteiger partial charge >= 0.3 is 0 Å². The van der Waals surface area contributed by atoms with Crippen LogP contribution in [0.4, 0.5) is 4.39 Å². The molecule has 1 aliphatic rings. The maximum absolute atomic E-state index is 13.1. The molecule has 4 rings (SSSR count). The summed E-state index contributed by atoms with van der Waals surface area (Å²) < 4.78 is 20.6. The Balaban J connectivity index is 1.70. The SMILES string of the molecule is Fc1ccc(/C=N\n2c(-c3ccc(Cl)cc3)csc2=NC[C@H]2CCCO2)cc1. The number of rotatable bonds is 5. The molecule has 3 aromatic rings. The van der Waals surface area contributed by atoms with Crippen molar-refractivity contribution < 1.29 is 9.13 Å². The van der Waals surface area contributed by atoms with Gasteiger partial charge in [0.1, 0.15) is 5.82 Å². The number of hydrogen-bond acceptors (Lipinski definition) is 4. The van der Waals surface area contributed by atoms with Crippen molar-refractivity contribution in [1.29, 1.82) is 0 Å². The summed E-state index contributed by atoms with van der Waals surface area (Å²) >= 11 is 7.55. The highest BCUT2D eigenvalue weighted by molar-refractivity contribution is 7.07. The van der Waals surface area contributed by atoms with Crippen LogP contribution in [0.3, 0.4) is 0 Å². The minimum atomic E-state index is -0.269. The van der Waals surface area contributed by atoms with Gasteiger partial charge < -0.3 is 4.74 Å². The summed E-state index contributed by atoms with van der Waals surface area (Å²) in [6.45, 7) is 1.43. The number of ether oxygens (including phenoxy) is 1. The number of halogens is 2. The molecule has 0 N–H and O–H groups in total. The average Bonchev–Trinajstić information content (AvgIpc) is 3.36. The number of hydrogen-bond donors (Lipinski definition) is 0. The molecule has 7 heteroatoms. The van der Waals surface area contributed by atoms with Gasteiger partial charge in [-0.15, -0.1) is 11.3 Å². The Morgan fingerprint density at radius 1 is 1.18 bits per heavy atom.